The number of hydrogen-bond acceptors (Lipinski definition) is 6. The van der Waals surface area contributed by atoms with Crippen LogP contribution in [0.4, 0.5) is 5.82 Å². The van der Waals surface area contributed by atoms with Gasteiger partial charge in [0.2, 0.25) is 0 Å². The van der Waals surface area contributed by atoms with Crippen LogP contribution in [0.25, 0.3) is 10.8 Å². The molecule has 4 rings (SSSR count). The van der Waals surface area contributed by atoms with Crippen molar-refractivity contribution < 1.29 is 4.74 Å². The molecule has 31 heavy (non-hydrogen) atoms. The number of anilines is 1. The van der Waals surface area contributed by atoms with Gasteiger partial charge in [-0.2, -0.15) is 5.10 Å². The maximum absolute atomic E-state index is 12.9. The second kappa shape index (κ2) is 8.95. The monoisotopic (exact) mass is 415 g/mol. The van der Waals surface area contributed by atoms with E-state index in [0.29, 0.717) is 30.2 Å². The van der Waals surface area contributed by atoms with E-state index in [1.54, 1.807) is 6.20 Å². The van der Waals surface area contributed by atoms with Crippen LogP contribution >= 0.6 is 0 Å². The predicted molar refractivity (Wildman–Crippen MR) is 122 cm³/mol. The fourth-order valence-corrected chi connectivity index (χ4v) is 3.38. The van der Waals surface area contributed by atoms with Crippen LogP contribution in [0.15, 0.2) is 65.6 Å². The van der Waals surface area contributed by atoms with E-state index < -0.39 is 0 Å². The van der Waals surface area contributed by atoms with Gasteiger partial charge in [-0.1, -0.05) is 35.9 Å². The smallest absolute Gasteiger partial charge is 0.275 e. The Balaban J connectivity index is 1.47. The van der Waals surface area contributed by atoms with Crippen molar-refractivity contribution in [3.05, 3.63) is 88.2 Å². The third-order valence-corrected chi connectivity index (χ3v) is 5.07. The van der Waals surface area contributed by atoms with Gasteiger partial charge in [0.25, 0.3) is 5.56 Å². The van der Waals surface area contributed by atoms with Crippen LogP contribution in [-0.4, -0.2) is 32.9 Å². The Morgan fingerprint density at radius 1 is 1.06 bits per heavy atom. The Bertz CT molecular complexity index is 1250. The lowest BCUT2D eigenvalue weighted by Crippen LogP contribution is -2.27. The number of nitrogens with one attached hydrogen (secondary N) is 1. The minimum atomic E-state index is -0.330. The number of hydrogen-bond donors (Lipinski definition) is 1. The number of benzene rings is 2. The van der Waals surface area contributed by atoms with Gasteiger partial charge in [0.05, 0.1) is 29.9 Å². The molecule has 2 heterocycles. The van der Waals surface area contributed by atoms with E-state index in [1.807, 2.05) is 75.4 Å². The van der Waals surface area contributed by atoms with E-state index in [2.05, 4.69) is 20.4 Å². The molecule has 7 heteroatoms. The number of aromatic nitrogens is 4. The third kappa shape index (κ3) is 4.71. The summed E-state index contributed by atoms with van der Waals surface area (Å²) in [6.45, 7) is 6.88. The zero-order valence-electron chi connectivity index (χ0n) is 17.9. The zero-order chi connectivity index (χ0) is 21.8. The lowest BCUT2D eigenvalue weighted by molar-refractivity contribution is 0.332. The Morgan fingerprint density at radius 2 is 1.84 bits per heavy atom. The molecule has 1 N–H and O–H groups in total. The van der Waals surface area contributed by atoms with Gasteiger partial charge < -0.3 is 10.1 Å². The highest BCUT2D eigenvalue weighted by Gasteiger charge is 2.15. The highest BCUT2D eigenvalue weighted by molar-refractivity contribution is 5.80. The SMILES string of the molecule is Cc1ccc(OCCNc2cc(C(C)n3ncc4ccccc4c3=O)nc(C)n2)cc1. The van der Waals surface area contributed by atoms with E-state index >= 15 is 0 Å². The van der Waals surface area contributed by atoms with Gasteiger partial charge in [0, 0.05) is 11.5 Å². The van der Waals surface area contributed by atoms with Crippen molar-refractivity contribution in [2.75, 3.05) is 18.5 Å². The average molecular weight is 415 g/mol. The number of aryl methyl sites for hydroxylation is 2. The minimum absolute atomic E-state index is 0.136. The van der Waals surface area contributed by atoms with Crippen molar-refractivity contribution in [3.63, 3.8) is 0 Å². The Morgan fingerprint density at radius 3 is 2.65 bits per heavy atom. The van der Waals surface area contributed by atoms with Crippen molar-refractivity contribution in [3.8, 4) is 5.75 Å². The Labute approximate surface area is 180 Å². The highest BCUT2D eigenvalue weighted by atomic mass is 16.5. The lowest BCUT2D eigenvalue weighted by Gasteiger charge is -2.16. The van der Waals surface area contributed by atoms with Gasteiger partial charge in [-0.25, -0.2) is 14.6 Å². The molecule has 0 saturated heterocycles. The van der Waals surface area contributed by atoms with Gasteiger partial charge in [0.1, 0.15) is 24.0 Å². The molecule has 7 nitrogen and oxygen atoms in total. The molecular formula is C24H25N5O2. The van der Waals surface area contributed by atoms with E-state index in [9.17, 15) is 4.79 Å². The molecule has 0 saturated carbocycles. The van der Waals surface area contributed by atoms with Crippen LogP contribution in [0, 0.1) is 13.8 Å². The van der Waals surface area contributed by atoms with E-state index in [4.69, 9.17) is 4.74 Å². The molecule has 1 unspecified atom stereocenters. The molecule has 1 atom stereocenters. The van der Waals surface area contributed by atoms with Crippen LogP contribution in [0.5, 0.6) is 5.75 Å². The Hall–Kier alpha value is -3.74. The minimum Gasteiger partial charge on any atom is -0.492 e. The summed E-state index contributed by atoms with van der Waals surface area (Å²) < 4.78 is 7.22. The van der Waals surface area contributed by atoms with Crippen molar-refractivity contribution >= 4 is 16.6 Å². The van der Waals surface area contributed by atoms with Crippen molar-refractivity contribution in [2.45, 2.75) is 26.8 Å². The molecule has 0 radical (unpaired) electrons. The quantitative estimate of drug-likeness (QED) is 0.461. The number of nitrogens with zero attached hydrogens (tertiary/aromatic N) is 4. The highest BCUT2D eigenvalue weighted by Crippen LogP contribution is 2.18. The van der Waals surface area contributed by atoms with Gasteiger partial charge in [0.15, 0.2) is 0 Å². The number of rotatable bonds is 7. The first kappa shape index (κ1) is 20.5. The summed E-state index contributed by atoms with van der Waals surface area (Å²) >= 11 is 0. The fraction of sp³-hybridized carbons (Fsp3) is 0.250. The molecule has 0 aliphatic carbocycles. The number of ether oxygens (including phenoxy) is 1. The third-order valence-electron chi connectivity index (χ3n) is 5.07. The zero-order valence-corrected chi connectivity index (χ0v) is 17.9. The van der Waals surface area contributed by atoms with Gasteiger partial charge in [-0.15, -0.1) is 0 Å². The summed E-state index contributed by atoms with van der Waals surface area (Å²) in [6, 6.07) is 16.9. The molecular weight excluding hydrogens is 390 g/mol. The van der Waals surface area contributed by atoms with Crippen LogP contribution in [-0.2, 0) is 0 Å². The molecule has 2 aromatic heterocycles. The first-order valence-corrected chi connectivity index (χ1v) is 10.3. The maximum atomic E-state index is 12.9. The Kier molecular flexibility index (Phi) is 5.93. The molecule has 4 aromatic rings. The summed E-state index contributed by atoms with van der Waals surface area (Å²) in [5.41, 5.74) is 1.78. The molecule has 0 aliphatic rings. The van der Waals surface area contributed by atoms with Crippen molar-refractivity contribution in [1.82, 2.24) is 19.7 Å². The van der Waals surface area contributed by atoms with Crippen LogP contribution in [0.1, 0.15) is 30.0 Å². The predicted octanol–water partition coefficient (Wildman–Crippen LogP) is 3.90. The largest absolute Gasteiger partial charge is 0.492 e. The second-order valence-electron chi connectivity index (χ2n) is 7.47. The molecule has 158 valence electrons. The maximum Gasteiger partial charge on any atom is 0.275 e. The molecule has 0 spiro atoms. The van der Waals surface area contributed by atoms with Crippen LogP contribution < -0.4 is 15.6 Å². The summed E-state index contributed by atoms with van der Waals surface area (Å²) in [4.78, 5) is 21.9. The molecule has 0 fully saturated rings. The first-order valence-electron chi connectivity index (χ1n) is 10.3. The summed E-state index contributed by atoms with van der Waals surface area (Å²) in [5.74, 6) is 2.15. The summed E-state index contributed by atoms with van der Waals surface area (Å²) in [6.07, 6.45) is 1.71. The van der Waals surface area contributed by atoms with Crippen LogP contribution in [0.3, 0.4) is 0 Å². The lowest BCUT2D eigenvalue weighted by atomic mass is 10.2. The van der Waals surface area contributed by atoms with Gasteiger partial charge in [-0.3, -0.25) is 4.79 Å². The number of fused-ring (bicyclic) bond motifs is 1. The topological polar surface area (TPSA) is 81.9 Å². The van der Waals surface area contributed by atoms with E-state index in [-0.39, 0.29) is 11.6 Å². The second-order valence-corrected chi connectivity index (χ2v) is 7.47. The average Bonchev–Trinajstić information content (AvgIpc) is 2.77. The summed E-state index contributed by atoms with van der Waals surface area (Å²) in [5, 5.41) is 9.10. The van der Waals surface area contributed by atoms with E-state index in [0.717, 1.165) is 16.8 Å². The van der Waals surface area contributed by atoms with Crippen molar-refractivity contribution in [2.24, 2.45) is 0 Å². The van der Waals surface area contributed by atoms with Gasteiger partial charge >= 0.3 is 0 Å². The first-order chi connectivity index (χ1) is 15.0. The molecule has 0 aliphatic heterocycles. The molecule has 0 amide bonds. The molecule has 2 aromatic carbocycles. The van der Waals surface area contributed by atoms with Crippen LogP contribution in [0.2, 0.25) is 0 Å². The molecule has 0 bridgehead atoms. The summed E-state index contributed by atoms with van der Waals surface area (Å²) in [7, 11) is 0. The normalized spacial score (nSPS) is 12.0. The van der Waals surface area contributed by atoms with Crippen molar-refractivity contribution in [1.29, 1.82) is 0 Å². The standard InChI is InChI=1S/C24H25N5O2/c1-16-8-10-20(11-9-16)31-13-12-25-23-14-22(27-18(3)28-23)17(2)29-24(30)21-7-5-4-6-19(21)15-26-29/h4-11,14-15,17H,12-13H2,1-3H3,(H,25,27,28). The van der Waals surface area contributed by atoms with E-state index in [1.165, 1.54) is 10.2 Å². The fourth-order valence-electron chi connectivity index (χ4n) is 3.38. The van der Waals surface area contributed by atoms with Gasteiger partial charge in [-0.05, 0) is 39.0 Å².